The molecule has 8 nitrogen and oxygen atoms in total. The van der Waals surface area contributed by atoms with Crippen molar-refractivity contribution >= 4 is 16.0 Å². The van der Waals surface area contributed by atoms with E-state index in [2.05, 4.69) is 34.2 Å². The molecule has 25 heavy (non-hydrogen) atoms. The summed E-state index contributed by atoms with van der Waals surface area (Å²) in [6, 6.07) is 1.58. The molecule has 0 amide bonds. The minimum absolute atomic E-state index is 0.120. The van der Waals surface area contributed by atoms with Gasteiger partial charge in [-0.25, -0.2) is 8.42 Å². The Bertz CT molecular complexity index is 633. The lowest BCUT2D eigenvalue weighted by molar-refractivity contribution is 0.258. The van der Waals surface area contributed by atoms with Gasteiger partial charge in [-0.3, -0.25) is 4.99 Å². The van der Waals surface area contributed by atoms with Crippen LogP contribution in [0.15, 0.2) is 21.8 Å². The maximum Gasteiger partial charge on any atom is 0.220 e. The molecule has 2 heterocycles. The van der Waals surface area contributed by atoms with Crippen molar-refractivity contribution < 1.29 is 12.9 Å². The Morgan fingerprint density at radius 1 is 1.32 bits per heavy atom. The number of sulfonamides is 1. The molecule has 0 atom stereocenters. The van der Waals surface area contributed by atoms with Crippen LogP contribution in [0.3, 0.4) is 0 Å². The number of aliphatic imine (C=N–C) groups is 1. The average molecular weight is 372 g/mol. The summed E-state index contributed by atoms with van der Waals surface area (Å²) in [5.74, 6) is 1.35. The minimum atomic E-state index is -3.37. The smallest absolute Gasteiger partial charge is 0.220 e. The number of guanidine groups is 1. The maximum absolute atomic E-state index is 12.5. The zero-order valence-electron chi connectivity index (χ0n) is 15.3. The molecular weight excluding hydrogens is 342 g/mol. The summed E-state index contributed by atoms with van der Waals surface area (Å²) in [5.41, 5.74) is 0.435. The molecule has 9 heteroatoms. The third-order valence-electron chi connectivity index (χ3n) is 4.67. The van der Waals surface area contributed by atoms with Crippen LogP contribution in [0, 0.1) is 5.92 Å². The van der Waals surface area contributed by atoms with Crippen molar-refractivity contribution in [3.8, 4) is 0 Å². The highest BCUT2D eigenvalue weighted by molar-refractivity contribution is 7.88. The van der Waals surface area contributed by atoms with Crippen LogP contribution in [-0.4, -0.2) is 68.5 Å². The number of hydrogen-bond donors (Lipinski definition) is 1. The molecule has 0 radical (unpaired) electrons. The van der Waals surface area contributed by atoms with Gasteiger partial charge < -0.3 is 14.7 Å². The fraction of sp³-hybridized carbons (Fsp3) is 0.750. The number of nitrogens with one attached hydrogen (secondary N) is 1. The molecule has 1 N–H and O–H groups in total. The van der Waals surface area contributed by atoms with Crippen LogP contribution in [0.5, 0.6) is 0 Å². The first-order valence-electron chi connectivity index (χ1n) is 8.82. The van der Waals surface area contributed by atoms with E-state index < -0.39 is 10.0 Å². The second-order valence-corrected chi connectivity index (χ2v) is 8.21. The Balaban J connectivity index is 1.87. The van der Waals surface area contributed by atoms with Gasteiger partial charge in [0.1, 0.15) is 12.0 Å². The number of rotatable bonds is 7. The summed E-state index contributed by atoms with van der Waals surface area (Å²) in [5, 5.41) is 7.11. The lowest BCUT2D eigenvalue weighted by Gasteiger charge is -2.36. The van der Waals surface area contributed by atoms with E-state index in [1.807, 2.05) is 0 Å². The van der Waals surface area contributed by atoms with Gasteiger partial charge in [0.25, 0.3) is 0 Å². The zero-order valence-corrected chi connectivity index (χ0v) is 16.1. The highest BCUT2D eigenvalue weighted by atomic mass is 32.2. The largest absolute Gasteiger partial charge is 0.364 e. The fourth-order valence-electron chi connectivity index (χ4n) is 2.91. The second kappa shape index (κ2) is 9.19. The summed E-state index contributed by atoms with van der Waals surface area (Å²) in [6.07, 6.45) is 3.65. The summed E-state index contributed by atoms with van der Waals surface area (Å²) < 4.78 is 31.2. The van der Waals surface area contributed by atoms with Crippen molar-refractivity contribution in [3.63, 3.8) is 0 Å². The summed E-state index contributed by atoms with van der Waals surface area (Å²) in [4.78, 5) is 6.46. The SMILES string of the molecule is CCC(CC)CNC(=NC)N1CCN(S(=O)(=O)Cc2ccon2)CC1. The molecule has 1 aliphatic heterocycles. The van der Waals surface area contributed by atoms with E-state index in [1.54, 1.807) is 13.1 Å². The standard InChI is InChI=1S/C16H29N5O3S/c1-4-14(5-2)12-18-16(17-3)20-7-9-21(10-8-20)25(22,23)13-15-6-11-24-19-15/h6,11,14H,4-5,7-10,12-13H2,1-3H3,(H,17,18). The molecular formula is C16H29N5O3S. The van der Waals surface area contributed by atoms with E-state index in [0.29, 0.717) is 37.8 Å². The quantitative estimate of drug-likeness (QED) is 0.571. The molecule has 1 fully saturated rings. The maximum atomic E-state index is 12.5. The lowest BCUT2D eigenvalue weighted by atomic mass is 10.0. The molecule has 1 aromatic heterocycles. The van der Waals surface area contributed by atoms with Crippen LogP contribution < -0.4 is 5.32 Å². The summed E-state index contributed by atoms with van der Waals surface area (Å²) >= 11 is 0. The highest BCUT2D eigenvalue weighted by Crippen LogP contribution is 2.13. The molecule has 0 spiro atoms. The van der Waals surface area contributed by atoms with Crippen molar-refractivity contribution in [3.05, 3.63) is 18.0 Å². The van der Waals surface area contributed by atoms with Crippen LogP contribution in [0.25, 0.3) is 0 Å². The van der Waals surface area contributed by atoms with Crippen LogP contribution in [0.1, 0.15) is 32.4 Å². The average Bonchev–Trinajstić information content (AvgIpc) is 3.11. The van der Waals surface area contributed by atoms with E-state index in [4.69, 9.17) is 4.52 Å². The predicted molar refractivity (Wildman–Crippen MR) is 97.7 cm³/mol. The number of hydrogen-bond acceptors (Lipinski definition) is 5. The molecule has 2 rings (SSSR count). The fourth-order valence-corrected chi connectivity index (χ4v) is 4.34. The molecule has 142 valence electrons. The second-order valence-electron chi connectivity index (χ2n) is 6.24. The zero-order chi connectivity index (χ0) is 18.3. The number of nitrogens with zero attached hydrogens (tertiary/aromatic N) is 4. The third kappa shape index (κ3) is 5.43. The van der Waals surface area contributed by atoms with Crippen LogP contribution in [-0.2, 0) is 15.8 Å². The molecule has 0 saturated carbocycles. The molecule has 1 aromatic rings. The van der Waals surface area contributed by atoms with E-state index in [-0.39, 0.29) is 5.75 Å². The Kier molecular flexibility index (Phi) is 7.24. The van der Waals surface area contributed by atoms with Crippen LogP contribution in [0.4, 0.5) is 0 Å². The highest BCUT2D eigenvalue weighted by Gasteiger charge is 2.29. The third-order valence-corrected chi connectivity index (χ3v) is 6.48. The summed E-state index contributed by atoms with van der Waals surface area (Å²) in [6.45, 7) is 7.43. The van der Waals surface area contributed by atoms with Crippen molar-refractivity contribution in [2.24, 2.45) is 10.9 Å². The molecule has 1 aliphatic rings. The van der Waals surface area contributed by atoms with Gasteiger partial charge in [0.15, 0.2) is 5.96 Å². The van der Waals surface area contributed by atoms with Crippen molar-refractivity contribution in [1.82, 2.24) is 19.7 Å². The van der Waals surface area contributed by atoms with Gasteiger partial charge in [0, 0.05) is 45.8 Å². The Hall–Kier alpha value is -1.61. The van der Waals surface area contributed by atoms with Crippen molar-refractivity contribution in [1.29, 1.82) is 0 Å². The molecule has 1 saturated heterocycles. The van der Waals surface area contributed by atoms with Gasteiger partial charge in [-0.2, -0.15) is 4.31 Å². The molecule has 0 bridgehead atoms. The first-order valence-corrected chi connectivity index (χ1v) is 10.4. The number of aromatic nitrogens is 1. The number of piperazine rings is 1. The Morgan fingerprint density at radius 2 is 2.00 bits per heavy atom. The van der Waals surface area contributed by atoms with Gasteiger partial charge >= 0.3 is 0 Å². The predicted octanol–water partition coefficient (Wildman–Crippen LogP) is 1.13. The molecule has 0 aromatic carbocycles. The van der Waals surface area contributed by atoms with Gasteiger partial charge in [-0.15, -0.1) is 0 Å². The van der Waals surface area contributed by atoms with E-state index in [1.165, 1.54) is 10.6 Å². The van der Waals surface area contributed by atoms with E-state index in [0.717, 1.165) is 25.3 Å². The first kappa shape index (κ1) is 19.7. The van der Waals surface area contributed by atoms with Gasteiger partial charge in [0.05, 0.1) is 5.69 Å². The van der Waals surface area contributed by atoms with Gasteiger partial charge in [-0.05, 0) is 5.92 Å². The Morgan fingerprint density at radius 3 is 2.52 bits per heavy atom. The van der Waals surface area contributed by atoms with Crippen LogP contribution in [0.2, 0.25) is 0 Å². The van der Waals surface area contributed by atoms with Crippen molar-refractivity contribution in [2.75, 3.05) is 39.8 Å². The van der Waals surface area contributed by atoms with Gasteiger partial charge in [-0.1, -0.05) is 31.8 Å². The monoisotopic (exact) mass is 371 g/mol. The van der Waals surface area contributed by atoms with E-state index in [9.17, 15) is 8.42 Å². The molecule has 0 aliphatic carbocycles. The molecule has 0 unspecified atom stereocenters. The van der Waals surface area contributed by atoms with E-state index >= 15 is 0 Å². The van der Waals surface area contributed by atoms with Gasteiger partial charge in [0.2, 0.25) is 10.0 Å². The lowest BCUT2D eigenvalue weighted by Crippen LogP contribution is -2.54. The van der Waals surface area contributed by atoms with Crippen LogP contribution >= 0.6 is 0 Å². The minimum Gasteiger partial charge on any atom is -0.364 e. The summed E-state index contributed by atoms with van der Waals surface area (Å²) in [7, 11) is -1.61. The topological polar surface area (TPSA) is 91.0 Å². The first-order chi connectivity index (χ1) is 12.0. The Labute approximate surface area is 150 Å². The van der Waals surface area contributed by atoms with Crippen molar-refractivity contribution in [2.45, 2.75) is 32.4 Å². The normalized spacial score (nSPS) is 17.3.